The Labute approximate surface area is 111 Å². The molecular formula is C14H18F2N2O. The molecule has 1 aromatic carbocycles. The third-order valence-corrected chi connectivity index (χ3v) is 3.54. The number of carbonyl (C=O) groups excluding carboxylic acids is 1. The molecule has 104 valence electrons. The van der Waals surface area contributed by atoms with Gasteiger partial charge in [-0.25, -0.2) is 8.78 Å². The van der Waals surface area contributed by atoms with Crippen LogP contribution in [0.15, 0.2) is 18.2 Å². The molecule has 0 heterocycles. The molecule has 0 aliphatic heterocycles. The number of halogens is 2. The Hall–Kier alpha value is -1.49. The van der Waals surface area contributed by atoms with Gasteiger partial charge in [0.2, 0.25) is 5.91 Å². The number of amides is 1. The molecule has 0 spiro atoms. The number of benzene rings is 1. The molecule has 1 aromatic rings. The second kappa shape index (κ2) is 5.65. The molecule has 2 unspecified atom stereocenters. The maximum atomic E-state index is 13.6. The molecule has 19 heavy (non-hydrogen) atoms. The summed E-state index contributed by atoms with van der Waals surface area (Å²) in [6.45, 7) is 1.33. The first kappa shape index (κ1) is 13.9. The van der Waals surface area contributed by atoms with Crippen LogP contribution < -0.4 is 5.32 Å². The molecule has 1 aliphatic rings. The molecule has 1 saturated carbocycles. The van der Waals surface area contributed by atoms with Gasteiger partial charge in [0, 0.05) is 26.1 Å². The van der Waals surface area contributed by atoms with E-state index < -0.39 is 11.6 Å². The average molecular weight is 268 g/mol. The number of carbonyl (C=O) groups is 1. The summed E-state index contributed by atoms with van der Waals surface area (Å²) in [6, 6.07) is 3.41. The SMILES string of the molecule is CNCCN(C)C(=O)C1CC1c1cc(F)ccc1F. The summed E-state index contributed by atoms with van der Waals surface area (Å²) in [6.07, 6.45) is 0.600. The first-order valence-corrected chi connectivity index (χ1v) is 6.39. The van der Waals surface area contributed by atoms with Crippen LogP contribution in [-0.2, 0) is 4.79 Å². The van der Waals surface area contributed by atoms with Crippen LogP contribution in [0, 0.1) is 17.6 Å². The molecular weight excluding hydrogens is 250 g/mol. The Kier molecular flexibility index (Phi) is 4.14. The number of nitrogens with zero attached hydrogens (tertiary/aromatic N) is 1. The van der Waals surface area contributed by atoms with Crippen LogP contribution in [-0.4, -0.2) is 38.0 Å². The normalized spacial score (nSPS) is 21.3. The molecule has 1 amide bonds. The van der Waals surface area contributed by atoms with Crippen LogP contribution in [0.25, 0.3) is 0 Å². The molecule has 0 saturated heterocycles. The van der Waals surface area contributed by atoms with E-state index in [0.717, 1.165) is 12.1 Å². The van der Waals surface area contributed by atoms with Crippen molar-refractivity contribution in [3.63, 3.8) is 0 Å². The number of hydrogen-bond donors (Lipinski definition) is 1. The molecule has 2 rings (SSSR count). The van der Waals surface area contributed by atoms with E-state index in [1.807, 2.05) is 7.05 Å². The van der Waals surface area contributed by atoms with E-state index in [1.54, 1.807) is 11.9 Å². The molecule has 2 atom stereocenters. The fraction of sp³-hybridized carbons (Fsp3) is 0.500. The van der Waals surface area contributed by atoms with E-state index in [0.29, 0.717) is 25.1 Å². The lowest BCUT2D eigenvalue weighted by molar-refractivity contribution is -0.131. The lowest BCUT2D eigenvalue weighted by Gasteiger charge is -2.17. The van der Waals surface area contributed by atoms with Gasteiger partial charge in [0.1, 0.15) is 11.6 Å². The van der Waals surface area contributed by atoms with E-state index in [-0.39, 0.29) is 17.7 Å². The first-order chi connectivity index (χ1) is 9.04. The van der Waals surface area contributed by atoms with E-state index >= 15 is 0 Å². The summed E-state index contributed by atoms with van der Waals surface area (Å²) in [5, 5.41) is 2.97. The first-order valence-electron chi connectivity index (χ1n) is 6.39. The van der Waals surface area contributed by atoms with Gasteiger partial charge in [-0.1, -0.05) is 0 Å². The molecule has 1 aliphatic carbocycles. The highest BCUT2D eigenvalue weighted by atomic mass is 19.1. The summed E-state index contributed by atoms with van der Waals surface area (Å²) < 4.78 is 26.7. The molecule has 5 heteroatoms. The predicted octanol–water partition coefficient (Wildman–Crippen LogP) is 1.75. The Balaban J connectivity index is 2.00. The maximum absolute atomic E-state index is 13.6. The van der Waals surface area contributed by atoms with Crippen molar-refractivity contribution in [2.75, 3.05) is 27.2 Å². The number of nitrogens with one attached hydrogen (secondary N) is 1. The van der Waals surface area contributed by atoms with Gasteiger partial charge in [-0.05, 0) is 43.1 Å². The smallest absolute Gasteiger partial charge is 0.226 e. The van der Waals surface area contributed by atoms with Gasteiger partial charge < -0.3 is 10.2 Å². The van der Waals surface area contributed by atoms with Gasteiger partial charge in [-0.2, -0.15) is 0 Å². The molecule has 0 aromatic heterocycles. The van der Waals surface area contributed by atoms with Gasteiger partial charge in [0.25, 0.3) is 0 Å². The van der Waals surface area contributed by atoms with Gasteiger partial charge in [0.15, 0.2) is 0 Å². The lowest BCUT2D eigenvalue weighted by Crippen LogP contribution is -2.34. The topological polar surface area (TPSA) is 32.3 Å². The van der Waals surface area contributed by atoms with Crippen LogP contribution in [0.3, 0.4) is 0 Å². The molecule has 3 nitrogen and oxygen atoms in total. The fourth-order valence-electron chi connectivity index (χ4n) is 2.28. The third-order valence-electron chi connectivity index (χ3n) is 3.54. The van der Waals surface area contributed by atoms with Crippen molar-refractivity contribution in [3.05, 3.63) is 35.4 Å². The van der Waals surface area contributed by atoms with Crippen LogP contribution in [0.5, 0.6) is 0 Å². The van der Waals surface area contributed by atoms with Crippen LogP contribution in [0.2, 0.25) is 0 Å². The zero-order valence-corrected chi connectivity index (χ0v) is 11.1. The number of likely N-dealkylation sites (N-methyl/N-ethyl adjacent to an activating group) is 2. The van der Waals surface area contributed by atoms with E-state index in [4.69, 9.17) is 0 Å². The summed E-state index contributed by atoms with van der Waals surface area (Å²) in [5.41, 5.74) is 0.320. The van der Waals surface area contributed by atoms with Crippen molar-refractivity contribution in [2.45, 2.75) is 12.3 Å². The van der Waals surface area contributed by atoms with Gasteiger partial charge >= 0.3 is 0 Å². The quantitative estimate of drug-likeness (QED) is 0.882. The van der Waals surface area contributed by atoms with Gasteiger partial charge in [-0.15, -0.1) is 0 Å². The second-order valence-corrected chi connectivity index (χ2v) is 4.98. The Morgan fingerprint density at radius 3 is 2.89 bits per heavy atom. The minimum atomic E-state index is -0.460. The number of hydrogen-bond acceptors (Lipinski definition) is 2. The third kappa shape index (κ3) is 3.10. The second-order valence-electron chi connectivity index (χ2n) is 4.98. The Bertz CT molecular complexity index is 479. The Morgan fingerprint density at radius 1 is 1.47 bits per heavy atom. The zero-order valence-electron chi connectivity index (χ0n) is 11.1. The van der Waals surface area contributed by atoms with Crippen molar-refractivity contribution in [1.29, 1.82) is 0 Å². The highest BCUT2D eigenvalue weighted by Gasteiger charge is 2.46. The molecule has 1 fully saturated rings. The minimum Gasteiger partial charge on any atom is -0.344 e. The average Bonchev–Trinajstić information content (AvgIpc) is 3.18. The van der Waals surface area contributed by atoms with E-state index in [9.17, 15) is 13.6 Å². The largest absolute Gasteiger partial charge is 0.344 e. The van der Waals surface area contributed by atoms with E-state index in [1.165, 1.54) is 6.07 Å². The zero-order chi connectivity index (χ0) is 14.0. The van der Waals surface area contributed by atoms with Crippen molar-refractivity contribution >= 4 is 5.91 Å². The minimum absolute atomic E-state index is 0.00362. The van der Waals surface area contributed by atoms with Crippen LogP contribution in [0.1, 0.15) is 17.9 Å². The van der Waals surface area contributed by atoms with E-state index in [2.05, 4.69) is 5.32 Å². The van der Waals surface area contributed by atoms with Crippen molar-refractivity contribution in [1.82, 2.24) is 10.2 Å². The van der Waals surface area contributed by atoms with Crippen LogP contribution >= 0.6 is 0 Å². The maximum Gasteiger partial charge on any atom is 0.226 e. The number of rotatable bonds is 5. The van der Waals surface area contributed by atoms with Crippen molar-refractivity contribution in [2.24, 2.45) is 5.92 Å². The van der Waals surface area contributed by atoms with Crippen molar-refractivity contribution in [3.8, 4) is 0 Å². The highest BCUT2D eigenvalue weighted by molar-refractivity contribution is 5.82. The predicted molar refractivity (Wildman–Crippen MR) is 68.8 cm³/mol. The molecule has 0 radical (unpaired) electrons. The fourth-order valence-corrected chi connectivity index (χ4v) is 2.28. The van der Waals surface area contributed by atoms with Gasteiger partial charge in [-0.3, -0.25) is 4.79 Å². The summed E-state index contributed by atoms with van der Waals surface area (Å²) >= 11 is 0. The summed E-state index contributed by atoms with van der Waals surface area (Å²) in [5.74, 6) is -1.28. The highest BCUT2D eigenvalue weighted by Crippen LogP contribution is 2.49. The monoisotopic (exact) mass is 268 g/mol. The van der Waals surface area contributed by atoms with Crippen LogP contribution in [0.4, 0.5) is 8.78 Å². The standard InChI is InChI=1S/C14H18F2N2O/c1-17-5-6-18(2)14(19)12-8-10(12)11-7-9(15)3-4-13(11)16/h3-4,7,10,12,17H,5-6,8H2,1-2H3. The van der Waals surface area contributed by atoms with Gasteiger partial charge in [0.05, 0.1) is 0 Å². The summed E-state index contributed by atoms with van der Waals surface area (Å²) in [4.78, 5) is 13.7. The Morgan fingerprint density at radius 2 is 2.21 bits per heavy atom. The molecule has 1 N–H and O–H groups in total. The lowest BCUT2D eigenvalue weighted by atomic mass is 10.1. The van der Waals surface area contributed by atoms with Crippen molar-refractivity contribution < 1.29 is 13.6 Å². The molecule has 0 bridgehead atoms. The summed E-state index contributed by atoms with van der Waals surface area (Å²) in [7, 11) is 3.55.